The van der Waals surface area contributed by atoms with Crippen molar-refractivity contribution in [3.63, 3.8) is 0 Å². The van der Waals surface area contributed by atoms with Crippen LogP contribution in [0, 0.1) is 0 Å². The number of esters is 1. The predicted octanol–water partition coefficient (Wildman–Crippen LogP) is 3.17. The summed E-state index contributed by atoms with van der Waals surface area (Å²) in [6, 6.07) is 13.3. The fraction of sp³-hybridized carbons (Fsp3) is 0.133. The molecule has 0 aromatic heterocycles. The lowest BCUT2D eigenvalue weighted by Gasteiger charge is -2.20. The Hall–Kier alpha value is -2.29. The van der Waals surface area contributed by atoms with E-state index in [9.17, 15) is 4.79 Å². The molecule has 0 fully saturated rings. The highest BCUT2D eigenvalue weighted by atomic mass is 16.5. The van der Waals surface area contributed by atoms with E-state index in [1.165, 1.54) is 7.11 Å². The summed E-state index contributed by atoms with van der Waals surface area (Å²) in [5, 5.41) is 0. The number of ether oxygens (including phenoxy) is 2. The third-order valence-corrected chi connectivity index (χ3v) is 3.06. The van der Waals surface area contributed by atoms with Gasteiger partial charge in [-0.25, -0.2) is 4.79 Å². The summed E-state index contributed by atoms with van der Waals surface area (Å²) in [7, 11) is 1.38. The SMILES string of the molecule is COC(=O)c1ccc2c(c1)Cc1ccccc1O2. The predicted molar refractivity (Wildman–Crippen MR) is 67.1 cm³/mol. The van der Waals surface area contributed by atoms with Gasteiger partial charge < -0.3 is 9.47 Å². The molecule has 1 heterocycles. The minimum Gasteiger partial charge on any atom is -0.465 e. The van der Waals surface area contributed by atoms with Gasteiger partial charge in [0.15, 0.2) is 0 Å². The van der Waals surface area contributed by atoms with E-state index in [1.807, 2.05) is 36.4 Å². The lowest BCUT2D eigenvalue weighted by Crippen LogP contribution is -2.06. The molecule has 2 aromatic rings. The average molecular weight is 240 g/mol. The molecule has 90 valence electrons. The summed E-state index contributed by atoms with van der Waals surface area (Å²) in [4.78, 5) is 11.5. The Labute approximate surface area is 105 Å². The second-order valence-electron chi connectivity index (χ2n) is 4.20. The molecule has 0 saturated carbocycles. The Balaban J connectivity index is 2.01. The van der Waals surface area contributed by atoms with E-state index >= 15 is 0 Å². The molecule has 18 heavy (non-hydrogen) atoms. The Bertz CT molecular complexity index is 617. The van der Waals surface area contributed by atoms with E-state index in [1.54, 1.807) is 6.07 Å². The third kappa shape index (κ3) is 1.74. The van der Waals surface area contributed by atoms with Crippen LogP contribution in [-0.4, -0.2) is 13.1 Å². The highest BCUT2D eigenvalue weighted by molar-refractivity contribution is 5.89. The first-order valence-corrected chi connectivity index (χ1v) is 5.75. The maximum atomic E-state index is 11.5. The Morgan fingerprint density at radius 1 is 1.11 bits per heavy atom. The van der Waals surface area contributed by atoms with E-state index in [-0.39, 0.29) is 5.97 Å². The van der Waals surface area contributed by atoms with Crippen LogP contribution in [0.3, 0.4) is 0 Å². The van der Waals surface area contributed by atoms with Crippen LogP contribution in [0.15, 0.2) is 42.5 Å². The molecule has 0 amide bonds. The Morgan fingerprint density at radius 2 is 1.89 bits per heavy atom. The first-order chi connectivity index (χ1) is 8.78. The quantitative estimate of drug-likeness (QED) is 0.613. The normalized spacial score (nSPS) is 12.1. The van der Waals surface area contributed by atoms with Gasteiger partial charge in [0, 0.05) is 12.0 Å². The van der Waals surface area contributed by atoms with E-state index in [0.29, 0.717) is 5.56 Å². The molecule has 0 bridgehead atoms. The van der Waals surface area contributed by atoms with E-state index in [0.717, 1.165) is 29.0 Å². The summed E-state index contributed by atoms with van der Waals surface area (Å²) in [6.45, 7) is 0. The standard InChI is InChI=1S/C15H12O3/c1-17-15(16)11-6-7-14-12(9-11)8-10-4-2-3-5-13(10)18-14/h2-7,9H,8H2,1H3. The molecule has 0 saturated heterocycles. The van der Waals surface area contributed by atoms with E-state index in [4.69, 9.17) is 9.47 Å². The van der Waals surface area contributed by atoms with Crippen molar-refractivity contribution in [1.82, 2.24) is 0 Å². The summed E-state index contributed by atoms with van der Waals surface area (Å²) in [5.41, 5.74) is 2.70. The van der Waals surface area contributed by atoms with Gasteiger partial charge >= 0.3 is 5.97 Å². The fourth-order valence-electron chi connectivity index (χ4n) is 2.14. The van der Waals surface area contributed by atoms with Gasteiger partial charge in [0.25, 0.3) is 0 Å². The van der Waals surface area contributed by atoms with Crippen LogP contribution in [0.1, 0.15) is 21.5 Å². The number of benzene rings is 2. The molecule has 0 radical (unpaired) electrons. The monoisotopic (exact) mass is 240 g/mol. The van der Waals surface area contributed by atoms with Gasteiger partial charge in [-0.2, -0.15) is 0 Å². The summed E-state index contributed by atoms with van der Waals surface area (Å²) < 4.78 is 10.5. The summed E-state index contributed by atoms with van der Waals surface area (Å²) in [6.07, 6.45) is 0.774. The number of rotatable bonds is 1. The molecule has 0 aliphatic carbocycles. The Kier molecular flexibility index (Phi) is 2.52. The average Bonchev–Trinajstić information content (AvgIpc) is 2.43. The third-order valence-electron chi connectivity index (χ3n) is 3.06. The van der Waals surface area contributed by atoms with Gasteiger partial charge in [-0.15, -0.1) is 0 Å². The van der Waals surface area contributed by atoms with Gasteiger partial charge in [-0.3, -0.25) is 0 Å². The van der Waals surface area contributed by atoms with Gasteiger partial charge in [-0.05, 0) is 29.8 Å². The fourth-order valence-corrected chi connectivity index (χ4v) is 2.14. The number of carbonyl (C=O) groups is 1. The van der Waals surface area contributed by atoms with Crippen LogP contribution in [0.5, 0.6) is 11.5 Å². The second-order valence-corrected chi connectivity index (χ2v) is 4.20. The van der Waals surface area contributed by atoms with Crippen molar-refractivity contribution in [2.45, 2.75) is 6.42 Å². The molecule has 3 heteroatoms. The molecule has 0 spiro atoms. The highest BCUT2D eigenvalue weighted by Gasteiger charge is 2.18. The molecule has 1 aliphatic rings. The van der Waals surface area contributed by atoms with Crippen molar-refractivity contribution >= 4 is 5.97 Å². The zero-order valence-corrected chi connectivity index (χ0v) is 9.97. The smallest absolute Gasteiger partial charge is 0.337 e. The van der Waals surface area contributed by atoms with Crippen molar-refractivity contribution in [2.24, 2.45) is 0 Å². The number of carbonyl (C=O) groups excluding carboxylic acids is 1. The maximum Gasteiger partial charge on any atom is 0.337 e. The molecule has 1 aliphatic heterocycles. The van der Waals surface area contributed by atoms with Crippen LogP contribution in [-0.2, 0) is 11.2 Å². The van der Waals surface area contributed by atoms with Crippen LogP contribution in [0.4, 0.5) is 0 Å². The molecule has 0 N–H and O–H groups in total. The van der Waals surface area contributed by atoms with Crippen molar-refractivity contribution in [1.29, 1.82) is 0 Å². The van der Waals surface area contributed by atoms with Gasteiger partial charge in [0.2, 0.25) is 0 Å². The number of methoxy groups -OCH3 is 1. The minimum atomic E-state index is -0.323. The zero-order chi connectivity index (χ0) is 12.5. The van der Waals surface area contributed by atoms with Crippen LogP contribution in [0.2, 0.25) is 0 Å². The largest absolute Gasteiger partial charge is 0.465 e. The topological polar surface area (TPSA) is 35.5 Å². The van der Waals surface area contributed by atoms with Crippen molar-refractivity contribution < 1.29 is 14.3 Å². The molecule has 0 unspecified atom stereocenters. The lowest BCUT2D eigenvalue weighted by molar-refractivity contribution is 0.0600. The maximum absolute atomic E-state index is 11.5. The van der Waals surface area contributed by atoms with Gasteiger partial charge in [0.05, 0.1) is 12.7 Å². The van der Waals surface area contributed by atoms with Crippen molar-refractivity contribution in [3.05, 3.63) is 59.2 Å². The highest BCUT2D eigenvalue weighted by Crippen LogP contribution is 2.36. The van der Waals surface area contributed by atoms with E-state index in [2.05, 4.69) is 0 Å². The summed E-state index contributed by atoms with van der Waals surface area (Å²) >= 11 is 0. The molecular formula is C15H12O3. The van der Waals surface area contributed by atoms with E-state index < -0.39 is 0 Å². The molecule has 3 rings (SSSR count). The zero-order valence-electron chi connectivity index (χ0n) is 9.97. The molecule has 3 nitrogen and oxygen atoms in total. The molecule has 2 aromatic carbocycles. The Morgan fingerprint density at radius 3 is 2.72 bits per heavy atom. The van der Waals surface area contributed by atoms with Gasteiger partial charge in [0.1, 0.15) is 11.5 Å². The minimum absolute atomic E-state index is 0.323. The van der Waals surface area contributed by atoms with Crippen molar-refractivity contribution in [3.8, 4) is 11.5 Å². The van der Waals surface area contributed by atoms with Crippen molar-refractivity contribution in [2.75, 3.05) is 7.11 Å². The molecular weight excluding hydrogens is 228 g/mol. The number of hydrogen-bond donors (Lipinski definition) is 0. The van der Waals surface area contributed by atoms with Crippen LogP contribution in [0.25, 0.3) is 0 Å². The number of fused-ring (bicyclic) bond motifs is 2. The number of para-hydroxylation sites is 1. The second kappa shape index (κ2) is 4.18. The van der Waals surface area contributed by atoms with Crippen LogP contribution < -0.4 is 4.74 Å². The first kappa shape index (κ1) is 10.8. The number of hydrogen-bond acceptors (Lipinski definition) is 3. The van der Waals surface area contributed by atoms with Crippen LogP contribution >= 0.6 is 0 Å². The molecule has 0 atom stereocenters. The first-order valence-electron chi connectivity index (χ1n) is 5.75. The lowest BCUT2D eigenvalue weighted by atomic mass is 9.98. The summed E-state index contributed by atoms with van der Waals surface area (Å²) in [5.74, 6) is 1.37. The van der Waals surface area contributed by atoms with Gasteiger partial charge in [-0.1, -0.05) is 18.2 Å².